The number of hydrogen-bond donors (Lipinski definition) is 6. The van der Waals surface area contributed by atoms with Crippen LogP contribution in [-0.2, 0) is 40.1 Å². The Morgan fingerprint density at radius 3 is 1.98 bits per heavy atom. The molecule has 54 heavy (non-hydrogen) atoms. The van der Waals surface area contributed by atoms with Gasteiger partial charge in [-0.05, 0) is 63.1 Å². The van der Waals surface area contributed by atoms with Gasteiger partial charge in [0.2, 0.25) is 17.7 Å². The average Bonchev–Trinajstić information content (AvgIpc) is 3.43. The Hall–Kier alpha value is -3.86. The van der Waals surface area contributed by atoms with Crippen LogP contribution in [0.5, 0.6) is 0 Å². The summed E-state index contributed by atoms with van der Waals surface area (Å²) >= 11 is 0. The minimum absolute atomic E-state index is 0. The summed E-state index contributed by atoms with van der Waals surface area (Å²) in [5.74, 6) is -2.99. The number of urea groups is 1. The molecule has 0 fully saturated rings. The molecular formula is C39H61IN6O8. The van der Waals surface area contributed by atoms with E-state index in [0.717, 1.165) is 37.7 Å². The van der Waals surface area contributed by atoms with E-state index in [-0.39, 0.29) is 84.5 Å². The third-order valence-electron chi connectivity index (χ3n) is 9.37. The van der Waals surface area contributed by atoms with Crippen LogP contribution in [0.3, 0.4) is 0 Å². The largest absolute Gasteiger partial charge is 1.00 e. The number of carbonyl (C=O) groups is 7. The van der Waals surface area contributed by atoms with Gasteiger partial charge in [-0.2, -0.15) is 4.90 Å². The summed E-state index contributed by atoms with van der Waals surface area (Å²) in [4.78, 5) is 89.7. The SMILES string of the molecule is CCCCC(CCC)C(=O)OCc1ccc(NC(=O)[C@H](CCCNC(N)=O)NC(=O)[C@@H](NC(=O)C(C)(C)CC(C)(C)[NH+]2C(=O)C=CC2=O)C(C)C)cc1.[I-]. The fraction of sp³-hybridized carbons (Fsp3) is 0.615. The zero-order valence-corrected chi connectivity index (χ0v) is 35.2. The highest BCUT2D eigenvalue weighted by atomic mass is 127. The summed E-state index contributed by atoms with van der Waals surface area (Å²) in [7, 11) is 0. The van der Waals surface area contributed by atoms with E-state index < -0.39 is 46.8 Å². The molecule has 0 aromatic heterocycles. The van der Waals surface area contributed by atoms with Gasteiger partial charge in [-0.25, -0.2) is 14.4 Å². The minimum Gasteiger partial charge on any atom is -1.00 e. The Morgan fingerprint density at radius 2 is 1.44 bits per heavy atom. The molecule has 14 nitrogen and oxygen atoms in total. The van der Waals surface area contributed by atoms with E-state index in [2.05, 4.69) is 28.2 Å². The average molecular weight is 869 g/mol. The van der Waals surface area contributed by atoms with Crippen LogP contribution >= 0.6 is 0 Å². The van der Waals surface area contributed by atoms with Crippen LogP contribution in [0.4, 0.5) is 10.5 Å². The number of imide groups is 1. The first-order valence-corrected chi connectivity index (χ1v) is 18.7. The molecule has 0 aliphatic carbocycles. The Bertz CT molecular complexity index is 1480. The summed E-state index contributed by atoms with van der Waals surface area (Å²) in [6, 6.07) is 4.07. The van der Waals surface area contributed by atoms with Crippen molar-refractivity contribution in [2.24, 2.45) is 23.0 Å². The van der Waals surface area contributed by atoms with Gasteiger partial charge in [-0.3, -0.25) is 19.2 Å². The van der Waals surface area contributed by atoms with Crippen LogP contribution in [0.25, 0.3) is 0 Å². The summed E-state index contributed by atoms with van der Waals surface area (Å²) in [6.45, 7) is 14.8. The van der Waals surface area contributed by atoms with E-state index in [1.54, 1.807) is 65.8 Å². The molecular weight excluding hydrogens is 807 g/mol. The number of rotatable bonds is 22. The predicted octanol–water partition coefficient (Wildman–Crippen LogP) is 0.0557. The number of anilines is 1. The monoisotopic (exact) mass is 868 g/mol. The lowest BCUT2D eigenvalue weighted by atomic mass is 9.78. The number of hydrogen-bond acceptors (Lipinski definition) is 8. The van der Waals surface area contributed by atoms with Crippen molar-refractivity contribution in [1.29, 1.82) is 0 Å². The van der Waals surface area contributed by atoms with Gasteiger partial charge in [0.05, 0.1) is 18.1 Å². The topological polar surface area (TPSA) is 207 Å². The third-order valence-corrected chi connectivity index (χ3v) is 9.37. The molecule has 0 saturated carbocycles. The number of halogens is 1. The number of amides is 7. The molecule has 15 heteroatoms. The van der Waals surface area contributed by atoms with Gasteiger partial charge < -0.3 is 55.7 Å². The first-order valence-electron chi connectivity index (χ1n) is 18.7. The van der Waals surface area contributed by atoms with Crippen molar-refractivity contribution in [2.75, 3.05) is 11.9 Å². The van der Waals surface area contributed by atoms with Crippen LogP contribution in [0.1, 0.15) is 112 Å². The first-order chi connectivity index (χ1) is 24.8. The molecule has 1 aliphatic heterocycles. The number of unbranched alkanes of at least 4 members (excludes halogenated alkanes) is 1. The molecule has 302 valence electrons. The lowest BCUT2D eigenvalue weighted by Gasteiger charge is -2.36. The number of ether oxygens (including phenoxy) is 1. The van der Waals surface area contributed by atoms with Crippen molar-refractivity contribution in [3.8, 4) is 0 Å². The fourth-order valence-corrected chi connectivity index (χ4v) is 6.66. The van der Waals surface area contributed by atoms with E-state index in [0.29, 0.717) is 12.1 Å². The first kappa shape index (κ1) is 48.2. The second-order valence-electron chi connectivity index (χ2n) is 15.5. The normalized spacial score (nSPS) is 14.8. The molecule has 2 rings (SSSR count). The minimum atomic E-state index is -1.08. The molecule has 0 spiro atoms. The van der Waals surface area contributed by atoms with Crippen molar-refractivity contribution in [2.45, 2.75) is 131 Å². The number of carbonyl (C=O) groups excluding carboxylic acids is 7. The van der Waals surface area contributed by atoms with E-state index >= 15 is 0 Å². The van der Waals surface area contributed by atoms with Crippen LogP contribution in [-0.4, -0.2) is 65.7 Å². The van der Waals surface area contributed by atoms with Crippen molar-refractivity contribution >= 4 is 47.2 Å². The van der Waals surface area contributed by atoms with E-state index in [9.17, 15) is 33.6 Å². The number of nitrogens with two attached hydrogens (primary N) is 1. The van der Waals surface area contributed by atoms with Crippen molar-refractivity contribution in [1.82, 2.24) is 16.0 Å². The zero-order valence-electron chi connectivity index (χ0n) is 33.1. The van der Waals surface area contributed by atoms with Gasteiger partial charge in [0.25, 0.3) is 0 Å². The smallest absolute Gasteiger partial charge is 0.345 e. The molecule has 3 atom stereocenters. The quantitative estimate of drug-likeness (QED) is 0.0406. The highest BCUT2D eigenvalue weighted by molar-refractivity contribution is 6.01. The summed E-state index contributed by atoms with van der Waals surface area (Å²) in [6.07, 6.45) is 7.54. The number of nitrogens with one attached hydrogen (secondary N) is 5. The Balaban J connectivity index is 0.0000146. The molecule has 7 amide bonds. The molecule has 0 saturated heterocycles. The number of quaternary nitrogens is 1. The Morgan fingerprint density at radius 1 is 0.833 bits per heavy atom. The number of esters is 1. The summed E-state index contributed by atoms with van der Waals surface area (Å²) < 4.78 is 5.59. The van der Waals surface area contributed by atoms with Gasteiger partial charge in [0, 0.05) is 24.1 Å². The molecule has 0 radical (unpaired) electrons. The zero-order chi connectivity index (χ0) is 39.9. The van der Waals surface area contributed by atoms with Crippen LogP contribution < -0.4 is 55.9 Å². The Labute approximate surface area is 336 Å². The van der Waals surface area contributed by atoms with Crippen LogP contribution in [0, 0.1) is 17.3 Å². The molecule has 1 unspecified atom stereocenters. The molecule has 0 bridgehead atoms. The second kappa shape index (κ2) is 22.5. The highest BCUT2D eigenvalue weighted by Crippen LogP contribution is 2.28. The van der Waals surface area contributed by atoms with Crippen molar-refractivity contribution < 1.29 is 67.2 Å². The lowest BCUT2D eigenvalue weighted by Crippen LogP contribution is -3.22. The lowest BCUT2D eigenvalue weighted by molar-refractivity contribution is -0.791. The number of benzene rings is 1. The molecule has 1 aromatic carbocycles. The van der Waals surface area contributed by atoms with Crippen LogP contribution in [0.2, 0.25) is 0 Å². The molecule has 1 heterocycles. The molecule has 1 aromatic rings. The van der Waals surface area contributed by atoms with Crippen molar-refractivity contribution in [3.05, 3.63) is 42.0 Å². The maximum atomic E-state index is 13.7. The predicted molar refractivity (Wildman–Crippen MR) is 201 cm³/mol. The summed E-state index contributed by atoms with van der Waals surface area (Å²) in [5.41, 5.74) is 4.40. The maximum absolute atomic E-state index is 13.7. The van der Waals surface area contributed by atoms with Crippen molar-refractivity contribution in [3.63, 3.8) is 0 Å². The second-order valence-corrected chi connectivity index (χ2v) is 15.5. The maximum Gasteiger partial charge on any atom is 0.345 e. The molecule has 7 N–H and O–H groups in total. The van der Waals surface area contributed by atoms with E-state index in [1.165, 1.54) is 12.2 Å². The fourth-order valence-electron chi connectivity index (χ4n) is 6.66. The summed E-state index contributed by atoms with van der Waals surface area (Å²) in [5, 5.41) is 10.9. The van der Waals surface area contributed by atoms with E-state index in [4.69, 9.17) is 10.5 Å². The Kier molecular flexibility index (Phi) is 20.1. The standard InChI is InChI=1S/C39H60N6O8.HI/c1-9-11-14-27(13-10-2)35(50)53-23-26-16-18-28(19-17-26)42-33(48)29(15-12-22-41-37(40)52)43-34(49)32(25(3)4)44-36(51)38(5,6)24-39(7,8)45-30(46)20-21-31(45)47;/h16-21,25,27,29,32H,9-15,22-24H2,1-8H3,(H,42,48)(H,43,49)(H,44,51)(H3,40,41,52);1H/t27?,29-,32-;/m0./s1. The van der Waals surface area contributed by atoms with E-state index in [1.807, 2.05) is 6.92 Å². The highest BCUT2D eigenvalue weighted by Gasteiger charge is 2.48. The van der Waals surface area contributed by atoms with Gasteiger partial charge >= 0.3 is 23.8 Å². The van der Waals surface area contributed by atoms with Gasteiger partial charge in [-0.1, -0.05) is 72.9 Å². The van der Waals surface area contributed by atoms with Crippen LogP contribution in [0.15, 0.2) is 36.4 Å². The van der Waals surface area contributed by atoms with Gasteiger partial charge in [-0.15, -0.1) is 0 Å². The molecule has 1 aliphatic rings. The van der Waals surface area contributed by atoms with Gasteiger partial charge in [0.1, 0.15) is 24.2 Å². The number of primary amides is 1. The van der Waals surface area contributed by atoms with Gasteiger partial charge in [0.15, 0.2) is 0 Å². The third kappa shape index (κ3) is 15.1.